The Kier molecular flexibility index (Phi) is 12.1. The van der Waals surface area contributed by atoms with Gasteiger partial charge in [-0.1, -0.05) is 70.9 Å². The van der Waals surface area contributed by atoms with Gasteiger partial charge in [-0.2, -0.15) is 18.2 Å². The molecule has 4 N–H and O–H groups in total. The van der Waals surface area contributed by atoms with E-state index >= 15 is 0 Å². The lowest BCUT2D eigenvalue weighted by Gasteiger charge is -2.39. The highest BCUT2D eigenvalue weighted by molar-refractivity contribution is 5.97. The molecule has 290 valence electrons. The average molecular weight is 757 g/mol. The van der Waals surface area contributed by atoms with Gasteiger partial charge in [0, 0.05) is 17.5 Å². The molecule has 1 aliphatic carbocycles. The molecule has 12 nitrogen and oxygen atoms in total. The third-order valence-electron chi connectivity index (χ3n) is 10.2. The Bertz CT molecular complexity index is 2010. The Morgan fingerprint density at radius 3 is 2.39 bits per heavy atom. The molecule has 5 rings (SSSR count). The highest BCUT2D eigenvalue weighted by Gasteiger charge is 2.47. The fraction of sp³-hybridized carbons (Fsp3) is 0.474. The van der Waals surface area contributed by atoms with Gasteiger partial charge >= 0.3 is 12.1 Å². The lowest BCUT2D eigenvalue weighted by Crippen LogP contribution is -2.65. The Hall–Kier alpha value is -5.28. The number of aromatic amines is 1. The Labute approximate surface area is 309 Å². The van der Waals surface area contributed by atoms with Crippen LogP contribution in [-0.4, -0.2) is 57.0 Å². The van der Waals surface area contributed by atoms with E-state index in [1.165, 1.54) is 30.3 Å². The van der Waals surface area contributed by atoms with Gasteiger partial charge in [-0.3, -0.25) is 14.4 Å². The van der Waals surface area contributed by atoms with Crippen molar-refractivity contribution in [2.75, 3.05) is 6.61 Å². The number of para-hydroxylation sites is 1. The first-order valence-corrected chi connectivity index (χ1v) is 18.0. The van der Waals surface area contributed by atoms with E-state index in [0.717, 1.165) is 6.07 Å². The Balaban J connectivity index is 1.53. The van der Waals surface area contributed by atoms with Crippen molar-refractivity contribution in [2.24, 2.45) is 11.8 Å². The summed E-state index contributed by atoms with van der Waals surface area (Å²) in [6.07, 6.45) is -4.19. The molecule has 0 saturated carbocycles. The van der Waals surface area contributed by atoms with E-state index in [0.29, 0.717) is 24.1 Å². The number of ether oxygens (including phenoxy) is 1. The lowest BCUT2D eigenvalue weighted by atomic mass is 9.78. The molecular weight excluding hydrogens is 712 g/mol. The molecule has 4 aromatic rings. The number of esters is 1. The minimum atomic E-state index is -4.66. The lowest BCUT2D eigenvalue weighted by molar-refractivity contribution is -0.137. The van der Waals surface area contributed by atoms with Gasteiger partial charge < -0.3 is 30.2 Å². The molecule has 1 aliphatic rings. The summed E-state index contributed by atoms with van der Waals surface area (Å²) in [5, 5.41) is 12.5. The number of carbonyl (C=O) groups excluding carboxylic acids is 4. The third kappa shape index (κ3) is 8.42. The third-order valence-corrected chi connectivity index (χ3v) is 10.2. The zero-order chi connectivity index (χ0) is 39.4. The zero-order valence-electron chi connectivity index (χ0n) is 30.7. The summed E-state index contributed by atoms with van der Waals surface area (Å²) in [6.45, 7) is 8.92. The predicted octanol–water partition coefficient (Wildman–Crippen LogP) is 5.91. The van der Waals surface area contributed by atoms with Crippen LogP contribution >= 0.6 is 0 Å². The number of alkyl halides is 3. The van der Waals surface area contributed by atoms with Crippen LogP contribution in [0.1, 0.15) is 98.8 Å². The van der Waals surface area contributed by atoms with Gasteiger partial charge in [-0.15, -0.1) is 0 Å². The van der Waals surface area contributed by atoms with Crippen LogP contribution in [0.5, 0.6) is 0 Å². The number of nitrogens with zero attached hydrogens (tertiary/aromatic N) is 2. The van der Waals surface area contributed by atoms with E-state index < -0.39 is 64.8 Å². The molecule has 2 aromatic heterocycles. The summed E-state index contributed by atoms with van der Waals surface area (Å²) in [4.78, 5) is 61.7. The van der Waals surface area contributed by atoms with Gasteiger partial charge in [0.1, 0.15) is 23.4 Å². The molecule has 0 bridgehead atoms. The number of amides is 3. The maximum absolute atomic E-state index is 14.7. The molecule has 2 aromatic carbocycles. The number of hydrogen-bond donors (Lipinski definition) is 4. The summed E-state index contributed by atoms with van der Waals surface area (Å²) in [7, 11) is 0. The van der Waals surface area contributed by atoms with Crippen LogP contribution in [0.3, 0.4) is 0 Å². The largest absolute Gasteiger partial charge is 0.460 e. The highest BCUT2D eigenvalue weighted by Crippen LogP contribution is 2.40. The van der Waals surface area contributed by atoms with Gasteiger partial charge in [0.25, 0.3) is 5.82 Å². The predicted molar refractivity (Wildman–Crippen MR) is 188 cm³/mol. The molecule has 2 unspecified atom stereocenters. The van der Waals surface area contributed by atoms with Crippen molar-refractivity contribution in [3.8, 4) is 0 Å². The molecule has 0 saturated heterocycles. The number of halogens is 4. The second kappa shape index (κ2) is 16.4. The number of nitrogens with one attached hydrogen (secondary N) is 4. The molecule has 54 heavy (non-hydrogen) atoms. The Morgan fingerprint density at radius 2 is 1.72 bits per heavy atom. The zero-order valence-corrected chi connectivity index (χ0v) is 30.7. The number of hydrogen-bond acceptors (Lipinski definition) is 8. The van der Waals surface area contributed by atoms with E-state index in [2.05, 4.69) is 31.1 Å². The topological polar surface area (TPSA) is 168 Å². The second-order valence-electron chi connectivity index (χ2n) is 13.8. The molecule has 2 heterocycles. The number of aryl methyl sites for hydroxylation is 1. The van der Waals surface area contributed by atoms with E-state index in [1.807, 2.05) is 20.8 Å². The standard InChI is InChI=1S/C38H44F4N6O6/c1-6-20(4)29(44-28(49)18-22-12-9-10-15-26(22)39)33(50)47-37(17-16-27-24(19-37)23-13-11-14-25(31(23)43-27)38(40,41)42)36(52)45-30(21(5)7-2)34-46-32(48-54-34)35(51)53-8-3/h9-15,20-21,29-30,43H,6-8,16-19H2,1-5H3,(H,44,49)(H,45,52)(H,47,50)/t20-,21?,29-,30?,37+/m0/s1. The second-order valence-corrected chi connectivity index (χ2v) is 13.8. The summed E-state index contributed by atoms with van der Waals surface area (Å²) in [5.41, 5.74) is -1.70. The molecule has 0 aliphatic heterocycles. The first kappa shape index (κ1) is 39.9. The minimum Gasteiger partial charge on any atom is -0.460 e. The molecule has 5 atom stereocenters. The first-order valence-electron chi connectivity index (χ1n) is 18.0. The number of carbonyl (C=O) groups is 4. The maximum Gasteiger partial charge on any atom is 0.418 e. The van der Waals surface area contributed by atoms with Crippen molar-refractivity contribution in [3.63, 3.8) is 0 Å². The summed E-state index contributed by atoms with van der Waals surface area (Å²) >= 11 is 0. The molecule has 3 amide bonds. The summed E-state index contributed by atoms with van der Waals surface area (Å²) in [6, 6.07) is 7.45. The molecule has 0 radical (unpaired) electrons. The fourth-order valence-electron chi connectivity index (χ4n) is 6.72. The van der Waals surface area contributed by atoms with Gasteiger partial charge in [0.15, 0.2) is 0 Å². The minimum absolute atomic E-state index is 0.0344. The van der Waals surface area contributed by atoms with Crippen LogP contribution in [0.2, 0.25) is 0 Å². The van der Waals surface area contributed by atoms with E-state index in [4.69, 9.17) is 9.26 Å². The molecule has 0 fully saturated rings. The average Bonchev–Trinajstić information content (AvgIpc) is 3.78. The van der Waals surface area contributed by atoms with Crippen molar-refractivity contribution < 1.29 is 46.0 Å². The summed E-state index contributed by atoms with van der Waals surface area (Å²) in [5.74, 6) is -4.62. The van der Waals surface area contributed by atoms with Gasteiger partial charge in [-0.25, -0.2) is 9.18 Å². The van der Waals surface area contributed by atoms with Crippen molar-refractivity contribution in [2.45, 2.75) is 96.9 Å². The van der Waals surface area contributed by atoms with Crippen LogP contribution in [0.4, 0.5) is 17.6 Å². The molecule has 16 heteroatoms. The van der Waals surface area contributed by atoms with Gasteiger partial charge in [-0.05, 0) is 60.0 Å². The molecule has 0 spiro atoms. The van der Waals surface area contributed by atoms with E-state index in [9.17, 15) is 36.7 Å². The number of benzene rings is 2. The smallest absolute Gasteiger partial charge is 0.418 e. The molecular formula is C38H44F4N6O6. The Morgan fingerprint density at radius 1 is 1.00 bits per heavy atom. The van der Waals surface area contributed by atoms with E-state index in [1.54, 1.807) is 19.9 Å². The van der Waals surface area contributed by atoms with Crippen LogP contribution in [-0.2, 0) is 44.6 Å². The van der Waals surface area contributed by atoms with Crippen molar-refractivity contribution >= 4 is 34.6 Å². The number of H-pyrrole nitrogens is 1. The van der Waals surface area contributed by atoms with Crippen molar-refractivity contribution in [3.05, 3.63) is 82.4 Å². The normalized spacial score (nSPS) is 17.9. The van der Waals surface area contributed by atoms with Crippen LogP contribution in [0.25, 0.3) is 10.9 Å². The van der Waals surface area contributed by atoms with Crippen LogP contribution in [0.15, 0.2) is 47.0 Å². The number of aromatic nitrogens is 3. The highest BCUT2D eigenvalue weighted by atomic mass is 19.4. The number of rotatable bonds is 14. The SMILES string of the molecule is CCOC(=O)c1noc(C(NC(=O)[C@@]2(NC(=O)[C@@H](NC(=O)Cc3ccccc3F)[C@@H](C)CC)CCc3[nH]c4c(C(F)(F)F)cccc4c3C2)C(C)CC)n1. The summed E-state index contributed by atoms with van der Waals surface area (Å²) < 4.78 is 66.9. The monoisotopic (exact) mass is 756 g/mol. The first-order chi connectivity index (χ1) is 25.6. The van der Waals surface area contributed by atoms with Crippen LogP contribution in [0, 0.1) is 17.7 Å². The van der Waals surface area contributed by atoms with Gasteiger partial charge in [0.2, 0.25) is 23.6 Å². The van der Waals surface area contributed by atoms with E-state index in [-0.39, 0.29) is 66.4 Å². The van der Waals surface area contributed by atoms with Crippen LogP contribution < -0.4 is 16.0 Å². The fourth-order valence-corrected chi connectivity index (χ4v) is 6.72. The van der Waals surface area contributed by atoms with Crippen molar-refractivity contribution in [1.29, 1.82) is 0 Å². The van der Waals surface area contributed by atoms with Crippen molar-refractivity contribution in [1.82, 2.24) is 31.1 Å². The quantitative estimate of drug-likeness (QED) is 0.0911. The van der Waals surface area contributed by atoms with Gasteiger partial charge in [0.05, 0.1) is 24.1 Å². The maximum atomic E-state index is 14.7. The number of fused-ring (bicyclic) bond motifs is 3.